The molecule has 1 aromatic heterocycles. The van der Waals surface area contributed by atoms with E-state index in [-0.39, 0.29) is 17.3 Å². The van der Waals surface area contributed by atoms with Gasteiger partial charge in [0.25, 0.3) is 11.8 Å². The molecule has 1 saturated heterocycles. The fourth-order valence-electron chi connectivity index (χ4n) is 3.42. The molecule has 0 unspecified atom stereocenters. The summed E-state index contributed by atoms with van der Waals surface area (Å²) in [6.07, 6.45) is 4.26. The van der Waals surface area contributed by atoms with E-state index in [2.05, 4.69) is 20.6 Å². The van der Waals surface area contributed by atoms with E-state index >= 15 is 0 Å². The molecule has 0 spiro atoms. The van der Waals surface area contributed by atoms with Crippen LogP contribution in [0.3, 0.4) is 0 Å². The maximum Gasteiger partial charge on any atom is 0.289 e. The smallest absolute Gasteiger partial charge is 0.289 e. The van der Waals surface area contributed by atoms with Gasteiger partial charge in [-0.3, -0.25) is 9.78 Å². The topological polar surface area (TPSA) is 101 Å². The summed E-state index contributed by atoms with van der Waals surface area (Å²) in [5.41, 5.74) is -0.268. The summed E-state index contributed by atoms with van der Waals surface area (Å²) in [7, 11) is -3.40. The molecule has 1 saturated carbocycles. The maximum atomic E-state index is 14.1. The summed E-state index contributed by atoms with van der Waals surface area (Å²) < 4.78 is 52.8. The maximum absolute atomic E-state index is 14.1. The SMILES string of the molecule is CC(F)(F)c1ncc(C(=O)N[C@H](/C=C/S(=O)(=O)C2CNC2)C2CC2)nc1-c1ccccc1. The Balaban J connectivity index is 1.58. The number of nitrogens with one attached hydrogen (secondary N) is 2. The zero-order valence-corrected chi connectivity index (χ0v) is 18.3. The van der Waals surface area contributed by atoms with Crippen LogP contribution in [0, 0.1) is 5.92 Å². The number of alkyl halides is 2. The molecule has 1 atom stereocenters. The number of carbonyl (C=O) groups excluding carboxylic acids is 1. The van der Waals surface area contributed by atoms with Crippen molar-refractivity contribution < 1.29 is 22.0 Å². The Morgan fingerprint density at radius 3 is 2.50 bits per heavy atom. The third-order valence-electron chi connectivity index (χ3n) is 5.58. The highest BCUT2D eigenvalue weighted by atomic mass is 32.2. The number of rotatable bonds is 8. The fraction of sp³-hybridized carbons (Fsp3) is 0.409. The molecule has 1 aromatic carbocycles. The van der Waals surface area contributed by atoms with Gasteiger partial charge in [-0.1, -0.05) is 36.4 Å². The summed E-state index contributed by atoms with van der Waals surface area (Å²) in [4.78, 5) is 20.9. The Hall–Kier alpha value is -2.72. The Labute approximate surface area is 185 Å². The Bertz CT molecular complexity index is 1130. The van der Waals surface area contributed by atoms with E-state index < -0.39 is 38.7 Å². The van der Waals surface area contributed by atoms with E-state index in [0.29, 0.717) is 18.7 Å². The van der Waals surface area contributed by atoms with Gasteiger partial charge in [0.2, 0.25) is 0 Å². The van der Waals surface area contributed by atoms with Crippen LogP contribution in [-0.4, -0.2) is 48.7 Å². The number of aromatic nitrogens is 2. The van der Waals surface area contributed by atoms with Gasteiger partial charge in [0.15, 0.2) is 9.84 Å². The lowest BCUT2D eigenvalue weighted by Crippen LogP contribution is -2.50. The van der Waals surface area contributed by atoms with Gasteiger partial charge in [0.1, 0.15) is 11.4 Å². The number of sulfone groups is 1. The van der Waals surface area contributed by atoms with E-state index in [1.165, 1.54) is 11.5 Å². The fourth-order valence-corrected chi connectivity index (χ4v) is 4.73. The molecule has 1 amide bonds. The minimum Gasteiger partial charge on any atom is -0.344 e. The molecule has 2 fully saturated rings. The number of amides is 1. The molecular formula is C22H24F2N4O3S. The molecule has 2 aliphatic rings. The van der Waals surface area contributed by atoms with Gasteiger partial charge in [-0.25, -0.2) is 13.4 Å². The number of hydrogen-bond acceptors (Lipinski definition) is 6. The van der Waals surface area contributed by atoms with Gasteiger partial charge in [-0.2, -0.15) is 8.78 Å². The van der Waals surface area contributed by atoms with Crippen molar-refractivity contribution in [3.8, 4) is 11.3 Å². The van der Waals surface area contributed by atoms with Crippen molar-refractivity contribution in [2.75, 3.05) is 13.1 Å². The van der Waals surface area contributed by atoms with Gasteiger partial charge < -0.3 is 10.6 Å². The zero-order chi connectivity index (χ0) is 22.9. The highest BCUT2D eigenvalue weighted by Crippen LogP contribution is 2.34. The first-order valence-electron chi connectivity index (χ1n) is 10.4. The summed E-state index contributed by atoms with van der Waals surface area (Å²) in [5, 5.41) is 6.43. The van der Waals surface area contributed by atoms with Crippen LogP contribution in [0.2, 0.25) is 0 Å². The molecule has 1 aliphatic heterocycles. The molecule has 0 bridgehead atoms. The Kier molecular flexibility index (Phi) is 6.09. The number of carbonyl (C=O) groups is 1. The minimum absolute atomic E-state index is 0.0654. The Morgan fingerprint density at radius 1 is 1.25 bits per heavy atom. The zero-order valence-electron chi connectivity index (χ0n) is 17.5. The van der Waals surface area contributed by atoms with Crippen LogP contribution in [0.4, 0.5) is 8.78 Å². The molecule has 1 aliphatic carbocycles. The van der Waals surface area contributed by atoms with E-state index in [0.717, 1.165) is 26.0 Å². The quantitative estimate of drug-likeness (QED) is 0.626. The highest BCUT2D eigenvalue weighted by molar-refractivity contribution is 7.95. The molecule has 2 heterocycles. The van der Waals surface area contributed by atoms with Crippen LogP contribution in [-0.2, 0) is 15.8 Å². The Morgan fingerprint density at radius 2 is 1.94 bits per heavy atom. The second kappa shape index (κ2) is 8.67. The molecule has 7 nitrogen and oxygen atoms in total. The average Bonchev–Trinajstić information content (AvgIpc) is 3.54. The summed E-state index contributed by atoms with van der Waals surface area (Å²) in [6.45, 7) is 1.56. The summed E-state index contributed by atoms with van der Waals surface area (Å²) >= 11 is 0. The monoisotopic (exact) mass is 462 g/mol. The summed E-state index contributed by atoms with van der Waals surface area (Å²) in [6, 6.07) is 7.88. The normalized spacial score (nSPS) is 18.3. The standard InChI is InChI=1S/C22H24F2N4O3S/c1-22(23,24)20-19(15-5-3-2-4-6-15)27-18(13-26-20)21(29)28-17(14-7-8-14)9-10-32(30,31)16-11-25-12-16/h2-6,9-10,13-14,16-17,25H,7-8,11-12H2,1H3,(H,28,29)/b10-9+/t17-/m1/s1. The molecular weight excluding hydrogens is 438 g/mol. The van der Waals surface area contributed by atoms with Crippen LogP contribution in [0.1, 0.15) is 35.9 Å². The highest BCUT2D eigenvalue weighted by Gasteiger charge is 2.35. The largest absolute Gasteiger partial charge is 0.344 e. The number of nitrogens with zero attached hydrogens (tertiary/aromatic N) is 2. The summed E-state index contributed by atoms with van der Waals surface area (Å²) in [5.74, 6) is -3.70. The third kappa shape index (κ3) is 5.02. The predicted molar refractivity (Wildman–Crippen MR) is 116 cm³/mol. The van der Waals surface area contributed by atoms with Crippen molar-refractivity contribution in [2.24, 2.45) is 5.92 Å². The molecule has 32 heavy (non-hydrogen) atoms. The number of hydrogen-bond donors (Lipinski definition) is 2. The molecule has 2 N–H and O–H groups in total. The second-order valence-corrected chi connectivity index (χ2v) is 10.4. The first-order valence-corrected chi connectivity index (χ1v) is 12.0. The lowest BCUT2D eigenvalue weighted by Gasteiger charge is -2.25. The van der Waals surface area contributed by atoms with Crippen LogP contribution in [0.5, 0.6) is 0 Å². The van der Waals surface area contributed by atoms with Gasteiger partial charge in [-0.05, 0) is 18.8 Å². The van der Waals surface area contributed by atoms with Crippen molar-refractivity contribution in [3.63, 3.8) is 0 Å². The molecule has 4 rings (SSSR count). The van der Waals surface area contributed by atoms with E-state index in [4.69, 9.17) is 0 Å². The second-order valence-electron chi connectivity index (χ2n) is 8.24. The third-order valence-corrected chi connectivity index (χ3v) is 7.38. The minimum atomic E-state index is -3.40. The molecule has 10 heteroatoms. The first-order chi connectivity index (χ1) is 15.1. The molecule has 0 radical (unpaired) electrons. The van der Waals surface area contributed by atoms with Gasteiger partial charge in [-0.15, -0.1) is 0 Å². The van der Waals surface area contributed by atoms with Crippen molar-refractivity contribution in [1.82, 2.24) is 20.6 Å². The molecule has 170 valence electrons. The van der Waals surface area contributed by atoms with Crippen LogP contribution >= 0.6 is 0 Å². The van der Waals surface area contributed by atoms with Crippen molar-refractivity contribution in [2.45, 2.75) is 37.0 Å². The number of halogens is 2. The van der Waals surface area contributed by atoms with Crippen molar-refractivity contribution in [1.29, 1.82) is 0 Å². The number of benzene rings is 1. The van der Waals surface area contributed by atoms with E-state index in [9.17, 15) is 22.0 Å². The van der Waals surface area contributed by atoms with Crippen molar-refractivity contribution >= 4 is 15.7 Å². The lowest BCUT2D eigenvalue weighted by molar-refractivity contribution is 0.0130. The van der Waals surface area contributed by atoms with Crippen molar-refractivity contribution in [3.05, 3.63) is 59.4 Å². The van der Waals surface area contributed by atoms with Gasteiger partial charge in [0.05, 0.1) is 23.2 Å². The van der Waals surface area contributed by atoms with Crippen LogP contribution in [0.25, 0.3) is 11.3 Å². The van der Waals surface area contributed by atoms with Gasteiger partial charge >= 0.3 is 0 Å². The molecule has 2 aromatic rings. The average molecular weight is 463 g/mol. The van der Waals surface area contributed by atoms with E-state index in [1.54, 1.807) is 30.3 Å². The first kappa shape index (κ1) is 22.5. The van der Waals surface area contributed by atoms with Crippen LogP contribution in [0.15, 0.2) is 48.0 Å². The van der Waals surface area contributed by atoms with Gasteiger partial charge in [0, 0.05) is 31.0 Å². The van der Waals surface area contributed by atoms with E-state index in [1.807, 2.05) is 0 Å². The predicted octanol–water partition coefficient (Wildman–Crippen LogP) is 2.66. The van der Waals surface area contributed by atoms with Crippen LogP contribution < -0.4 is 10.6 Å². The lowest BCUT2D eigenvalue weighted by atomic mass is 10.1.